The second-order valence-corrected chi connectivity index (χ2v) is 16.0. The summed E-state index contributed by atoms with van der Waals surface area (Å²) in [6.07, 6.45) is 2.69. The Bertz CT molecular complexity index is 1290. The molecule has 3 heterocycles. The van der Waals surface area contributed by atoms with Gasteiger partial charge in [-0.15, -0.1) is 0 Å². The fourth-order valence-electron chi connectivity index (χ4n) is 11.0. The molecule has 0 aromatic carbocycles. The van der Waals surface area contributed by atoms with E-state index < -0.39 is 67.5 Å². The smallest absolute Gasteiger partial charge is 0.331 e. The van der Waals surface area contributed by atoms with Crippen LogP contribution < -0.4 is 0 Å². The highest BCUT2D eigenvalue weighted by molar-refractivity contribution is 5.86. The number of hydrogen-bond donors (Lipinski definition) is 5. The van der Waals surface area contributed by atoms with Gasteiger partial charge in [-0.05, 0) is 87.0 Å². The Morgan fingerprint density at radius 3 is 2.46 bits per heavy atom. The van der Waals surface area contributed by atoms with Crippen LogP contribution in [0.1, 0.15) is 78.6 Å². The van der Waals surface area contributed by atoms with E-state index in [0.29, 0.717) is 31.3 Å². The topological polar surface area (TPSA) is 174 Å². The lowest BCUT2D eigenvalue weighted by Gasteiger charge is -2.63. The van der Waals surface area contributed by atoms with Crippen LogP contribution in [0, 0.1) is 28.6 Å². The number of aliphatic hydroxyl groups is 5. The number of methoxy groups -OCH3 is 1. The number of fused-ring (bicyclic) bond motifs is 5. The number of rotatable bonds is 7. The highest BCUT2D eigenvalue weighted by atomic mass is 16.7. The van der Waals surface area contributed by atoms with Crippen molar-refractivity contribution in [3.8, 4) is 0 Å². The first-order valence-corrected chi connectivity index (χ1v) is 17.9. The summed E-state index contributed by atoms with van der Waals surface area (Å²) < 4.78 is 35.6. The summed E-state index contributed by atoms with van der Waals surface area (Å²) in [5.74, 6) is 0.803. The fraction of sp³-hybridized carbons (Fsp3) is 0.861. The summed E-state index contributed by atoms with van der Waals surface area (Å²) in [6, 6.07) is 0. The second kappa shape index (κ2) is 13.0. The number of hydrogen-bond acceptors (Lipinski definition) is 12. The molecule has 0 spiro atoms. The number of ether oxygens (including phenoxy) is 6. The largest absolute Gasteiger partial charge is 0.458 e. The Kier molecular flexibility index (Phi) is 9.44. The normalized spacial score (nSPS) is 52.1. The van der Waals surface area contributed by atoms with Crippen LogP contribution in [0.15, 0.2) is 23.3 Å². The average Bonchev–Trinajstić information content (AvgIpc) is 3.61. The lowest BCUT2D eigenvalue weighted by molar-refractivity contribution is -0.345. The van der Waals surface area contributed by atoms with Crippen molar-refractivity contribution in [2.45, 2.75) is 146 Å². The van der Waals surface area contributed by atoms with Gasteiger partial charge in [0.2, 0.25) is 0 Å². The van der Waals surface area contributed by atoms with Gasteiger partial charge >= 0.3 is 5.97 Å². The Hall–Kier alpha value is -1.45. The standard InChI is InChI=1S/C36H54O12/c1-18-32(48-33-31(41)30(40)29(39)26(16-37)47-33)25(43-4)15-28(45-18)46-21-7-10-34(2)20(14-21)5-6-24-23(34)8-11-35(3)22(9-12-36(24,35)42)19-13-27(38)44-17-19/h9,13,18,20-21,23-26,28-33,37,39-42H,5-8,10-12,14-17H2,1-4H3. The van der Waals surface area contributed by atoms with E-state index in [2.05, 4.69) is 19.9 Å². The number of esters is 1. The van der Waals surface area contributed by atoms with Crippen LogP contribution in [-0.2, 0) is 33.2 Å². The number of cyclic esters (lactones) is 1. The van der Waals surface area contributed by atoms with Gasteiger partial charge in [0.25, 0.3) is 0 Å². The minimum Gasteiger partial charge on any atom is -0.458 e. The second-order valence-electron chi connectivity index (χ2n) is 16.0. The molecule has 2 saturated heterocycles. The number of carbonyl (C=O) groups excluding carboxylic acids is 1. The van der Waals surface area contributed by atoms with E-state index in [0.717, 1.165) is 56.1 Å². The van der Waals surface area contributed by atoms with Crippen molar-refractivity contribution in [1.82, 2.24) is 0 Å². The third-order valence-electron chi connectivity index (χ3n) is 13.8. The maximum absolute atomic E-state index is 12.5. The molecule has 3 saturated carbocycles. The van der Waals surface area contributed by atoms with Crippen molar-refractivity contribution in [2.75, 3.05) is 20.3 Å². The summed E-state index contributed by atoms with van der Waals surface area (Å²) in [5.41, 5.74) is 0.935. The zero-order valence-corrected chi connectivity index (χ0v) is 28.5. The van der Waals surface area contributed by atoms with Gasteiger partial charge in [0.1, 0.15) is 37.1 Å². The third-order valence-corrected chi connectivity index (χ3v) is 13.8. The molecule has 48 heavy (non-hydrogen) atoms. The van der Waals surface area contributed by atoms with Crippen molar-refractivity contribution in [3.05, 3.63) is 23.3 Å². The molecule has 0 radical (unpaired) electrons. The van der Waals surface area contributed by atoms with Gasteiger partial charge in [-0.25, -0.2) is 4.79 Å². The number of carbonyl (C=O) groups is 1. The third kappa shape index (κ3) is 5.54. The first-order valence-electron chi connectivity index (χ1n) is 17.9. The minimum atomic E-state index is -1.53. The summed E-state index contributed by atoms with van der Waals surface area (Å²) >= 11 is 0. The van der Waals surface area contributed by atoms with Gasteiger partial charge in [-0.3, -0.25) is 0 Å². The van der Waals surface area contributed by atoms with E-state index in [4.69, 9.17) is 28.4 Å². The molecule has 5 N–H and O–H groups in total. The van der Waals surface area contributed by atoms with Gasteiger partial charge in [-0.2, -0.15) is 0 Å². The predicted molar refractivity (Wildman–Crippen MR) is 169 cm³/mol. The molecule has 7 rings (SSSR count). The van der Waals surface area contributed by atoms with Crippen molar-refractivity contribution >= 4 is 5.97 Å². The molecule has 0 aromatic heterocycles. The Morgan fingerprint density at radius 1 is 0.958 bits per heavy atom. The zero-order chi connectivity index (χ0) is 34.2. The van der Waals surface area contributed by atoms with Crippen LogP contribution in [-0.4, -0.2) is 119 Å². The van der Waals surface area contributed by atoms with Gasteiger partial charge in [-0.1, -0.05) is 19.9 Å². The first kappa shape index (κ1) is 35.0. The molecule has 5 fully saturated rings. The van der Waals surface area contributed by atoms with Crippen molar-refractivity contribution < 1.29 is 58.7 Å². The van der Waals surface area contributed by atoms with Gasteiger partial charge < -0.3 is 54.0 Å². The fourth-order valence-corrected chi connectivity index (χ4v) is 11.0. The maximum Gasteiger partial charge on any atom is 0.331 e. The van der Waals surface area contributed by atoms with Gasteiger partial charge in [0, 0.05) is 30.6 Å². The van der Waals surface area contributed by atoms with E-state index >= 15 is 0 Å². The lowest BCUT2D eigenvalue weighted by Crippen LogP contribution is -2.62. The monoisotopic (exact) mass is 678 g/mol. The predicted octanol–water partition coefficient (Wildman–Crippen LogP) is 1.88. The first-order chi connectivity index (χ1) is 22.8. The SMILES string of the molecule is COC1CC(OC2CCC3(C)C(CCC4C3CCC3(C)C(C5=CC(=O)OC5)=CCC43O)C2)OC(C)C1OC1OC(CO)C(O)C(O)C1O. The summed E-state index contributed by atoms with van der Waals surface area (Å²) in [7, 11) is 1.58. The highest BCUT2D eigenvalue weighted by Crippen LogP contribution is 2.68. The van der Waals surface area contributed by atoms with Crippen LogP contribution >= 0.6 is 0 Å². The molecule has 0 amide bonds. The van der Waals surface area contributed by atoms with Gasteiger partial charge in [0.05, 0.1) is 30.5 Å². The molecule has 0 bridgehead atoms. The lowest BCUT2D eigenvalue weighted by atomic mass is 9.43. The molecule has 3 aliphatic heterocycles. The zero-order valence-electron chi connectivity index (χ0n) is 28.5. The molecule has 4 aliphatic carbocycles. The quantitative estimate of drug-likeness (QED) is 0.196. The maximum atomic E-state index is 12.5. The van der Waals surface area contributed by atoms with Crippen molar-refractivity contribution in [1.29, 1.82) is 0 Å². The van der Waals surface area contributed by atoms with E-state index in [-0.39, 0.29) is 28.8 Å². The van der Waals surface area contributed by atoms with Crippen LogP contribution in [0.3, 0.4) is 0 Å². The van der Waals surface area contributed by atoms with E-state index in [1.54, 1.807) is 13.2 Å². The molecule has 0 aromatic rings. The highest BCUT2D eigenvalue weighted by Gasteiger charge is 2.66. The average molecular weight is 679 g/mol. The molecular weight excluding hydrogens is 624 g/mol. The molecule has 7 aliphatic rings. The van der Waals surface area contributed by atoms with Crippen molar-refractivity contribution in [3.63, 3.8) is 0 Å². The van der Waals surface area contributed by atoms with Crippen LogP contribution in [0.25, 0.3) is 0 Å². The molecule has 12 heteroatoms. The van der Waals surface area contributed by atoms with Crippen LogP contribution in [0.5, 0.6) is 0 Å². The van der Waals surface area contributed by atoms with Gasteiger partial charge in [0.15, 0.2) is 12.6 Å². The Balaban J connectivity index is 0.971. The minimum absolute atomic E-state index is 0.0285. The summed E-state index contributed by atoms with van der Waals surface area (Å²) in [5, 5.41) is 52.9. The van der Waals surface area contributed by atoms with Crippen molar-refractivity contribution in [2.24, 2.45) is 28.6 Å². The van der Waals surface area contributed by atoms with E-state index in [1.807, 2.05) is 6.92 Å². The summed E-state index contributed by atoms with van der Waals surface area (Å²) in [4.78, 5) is 11.9. The molecule has 16 atom stereocenters. The summed E-state index contributed by atoms with van der Waals surface area (Å²) in [6.45, 7) is 6.24. The Morgan fingerprint density at radius 2 is 1.75 bits per heavy atom. The van der Waals surface area contributed by atoms with E-state index in [1.165, 1.54) is 0 Å². The molecule has 270 valence electrons. The van der Waals surface area contributed by atoms with Crippen LogP contribution in [0.2, 0.25) is 0 Å². The molecule has 16 unspecified atom stereocenters. The van der Waals surface area contributed by atoms with E-state index in [9.17, 15) is 30.3 Å². The molecular formula is C36H54O12. The van der Waals surface area contributed by atoms with Crippen LogP contribution in [0.4, 0.5) is 0 Å². The number of aliphatic hydroxyl groups excluding tert-OH is 4. The molecule has 12 nitrogen and oxygen atoms in total. The Labute approximate surface area is 282 Å².